The molecule has 1 aromatic heterocycles. The van der Waals surface area contributed by atoms with Crippen molar-refractivity contribution in [3.8, 4) is 0 Å². The summed E-state index contributed by atoms with van der Waals surface area (Å²) in [7, 11) is 0. The Bertz CT molecular complexity index is 679. The summed E-state index contributed by atoms with van der Waals surface area (Å²) < 4.78 is 39.0. The highest BCUT2D eigenvalue weighted by Crippen LogP contribution is 2.31. The standard InChI is InChI=1S/C15H16ClF3N4/c1-14(2,3)23-13-21-11(15(17,18)19)8-12(22-13)20-10-6-4-9(16)5-7-10/h4-8H,1-3H3,(H2,20,21,22,23). The Kier molecular flexibility index (Phi) is 4.70. The van der Waals surface area contributed by atoms with Crippen molar-refractivity contribution in [1.29, 1.82) is 0 Å². The van der Waals surface area contributed by atoms with E-state index in [1.165, 1.54) is 0 Å². The van der Waals surface area contributed by atoms with E-state index < -0.39 is 17.4 Å². The second-order valence-corrected chi connectivity index (χ2v) is 6.40. The fourth-order valence-corrected chi connectivity index (χ4v) is 1.85. The van der Waals surface area contributed by atoms with Crippen molar-refractivity contribution in [3.63, 3.8) is 0 Å². The normalized spacial score (nSPS) is 12.1. The van der Waals surface area contributed by atoms with Gasteiger partial charge in [0.15, 0.2) is 5.69 Å². The summed E-state index contributed by atoms with van der Waals surface area (Å²) in [4.78, 5) is 7.62. The molecule has 0 fully saturated rings. The molecule has 0 aliphatic heterocycles. The van der Waals surface area contributed by atoms with Crippen molar-refractivity contribution in [2.24, 2.45) is 0 Å². The predicted octanol–water partition coefficient (Wildman–Crippen LogP) is 5.10. The molecule has 0 atom stereocenters. The summed E-state index contributed by atoms with van der Waals surface area (Å²) in [5, 5.41) is 6.20. The molecule has 0 radical (unpaired) electrons. The fraction of sp³-hybridized carbons (Fsp3) is 0.333. The Labute approximate surface area is 137 Å². The zero-order valence-electron chi connectivity index (χ0n) is 12.8. The number of aromatic nitrogens is 2. The third-order valence-electron chi connectivity index (χ3n) is 2.62. The number of hydrogen-bond acceptors (Lipinski definition) is 4. The Hall–Kier alpha value is -2.02. The minimum absolute atomic E-state index is 0.0430. The minimum atomic E-state index is -4.56. The van der Waals surface area contributed by atoms with Gasteiger partial charge >= 0.3 is 6.18 Å². The summed E-state index contributed by atoms with van der Waals surface area (Å²) in [5.74, 6) is -0.0508. The van der Waals surface area contributed by atoms with Crippen LogP contribution in [-0.4, -0.2) is 15.5 Å². The van der Waals surface area contributed by atoms with Gasteiger partial charge in [0, 0.05) is 22.3 Å². The second-order valence-electron chi connectivity index (χ2n) is 5.97. The molecule has 1 aromatic carbocycles. The summed E-state index contributed by atoms with van der Waals surface area (Å²) in [6, 6.07) is 7.42. The van der Waals surface area contributed by atoms with Crippen molar-refractivity contribution in [1.82, 2.24) is 9.97 Å². The number of nitrogens with zero attached hydrogens (tertiary/aromatic N) is 2. The average Bonchev–Trinajstić information content (AvgIpc) is 2.38. The number of anilines is 3. The van der Waals surface area contributed by atoms with Crippen LogP contribution in [0.15, 0.2) is 30.3 Å². The van der Waals surface area contributed by atoms with Gasteiger partial charge < -0.3 is 10.6 Å². The molecule has 1 heterocycles. The van der Waals surface area contributed by atoms with E-state index in [1.807, 2.05) is 20.8 Å². The molecule has 2 N–H and O–H groups in total. The van der Waals surface area contributed by atoms with Crippen LogP contribution in [0.3, 0.4) is 0 Å². The SMILES string of the molecule is CC(C)(C)Nc1nc(Nc2ccc(Cl)cc2)cc(C(F)(F)F)n1. The molecule has 0 saturated carbocycles. The Morgan fingerprint density at radius 2 is 1.61 bits per heavy atom. The monoisotopic (exact) mass is 344 g/mol. The smallest absolute Gasteiger partial charge is 0.350 e. The zero-order valence-corrected chi connectivity index (χ0v) is 13.5. The lowest BCUT2D eigenvalue weighted by atomic mass is 10.1. The largest absolute Gasteiger partial charge is 0.433 e. The van der Waals surface area contributed by atoms with E-state index in [0.717, 1.165) is 6.07 Å². The van der Waals surface area contributed by atoms with Crippen LogP contribution in [0.1, 0.15) is 26.5 Å². The highest BCUT2D eigenvalue weighted by atomic mass is 35.5. The molecule has 0 unspecified atom stereocenters. The third-order valence-corrected chi connectivity index (χ3v) is 2.87. The molecule has 23 heavy (non-hydrogen) atoms. The van der Waals surface area contributed by atoms with Crippen LogP contribution >= 0.6 is 11.6 Å². The Balaban J connectivity index is 2.37. The molecule has 0 bridgehead atoms. The Morgan fingerprint density at radius 3 is 2.13 bits per heavy atom. The minimum Gasteiger partial charge on any atom is -0.350 e. The summed E-state index contributed by atoms with van der Waals surface area (Å²) in [5.41, 5.74) is -0.916. The molecular weight excluding hydrogens is 329 g/mol. The number of alkyl halides is 3. The van der Waals surface area contributed by atoms with Crippen molar-refractivity contribution >= 4 is 29.1 Å². The van der Waals surface area contributed by atoms with Gasteiger partial charge in [0.05, 0.1) is 0 Å². The van der Waals surface area contributed by atoms with Crippen LogP contribution in [0.5, 0.6) is 0 Å². The lowest BCUT2D eigenvalue weighted by Crippen LogP contribution is -2.28. The molecule has 2 rings (SSSR count). The van der Waals surface area contributed by atoms with Crippen molar-refractivity contribution in [2.75, 3.05) is 10.6 Å². The lowest BCUT2D eigenvalue weighted by molar-refractivity contribution is -0.141. The van der Waals surface area contributed by atoms with Crippen molar-refractivity contribution in [3.05, 3.63) is 41.0 Å². The molecule has 124 valence electrons. The van der Waals surface area contributed by atoms with E-state index in [-0.39, 0.29) is 11.8 Å². The first-order valence-electron chi connectivity index (χ1n) is 6.80. The van der Waals surface area contributed by atoms with Gasteiger partial charge in [-0.05, 0) is 45.0 Å². The van der Waals surface area contributed by atoms with Gasteiger partial charge in [-0.3, -0.25) is 0 Å². The number of rotatable bonds is 3. The van der Waals surface area contributed by atoms with E-state index >= 15 is 0 Å². The van der Waals surface area contributed by atoms with Gasteiger partial charge in [0.1, 0.15) is 5.82 Å². The van der Waals surface area contributed by atoms with Crippen LogP contribution in [-0.2, 0) is 6.18 Å². The number of benzene rings is 1. The highest BCUT2D eigenvalue weighted by molar-refractivity contribution is 6.30. The first-order valence-corrected chi connectivity index (χ1v) is 7.18. The quantitative estimate of drug-likeness (QED) is 0.813. The van der Waals surface area contributed by atoms with Gasteiger partial charge in [-0.2, -0.15) is 18.2 Å². The molecule has 0 amide bonds. The third kappa shape index (κ3) is 5.28. The van der Waals surface area contributed by atoms with Crippen LogP contribution in [0.4, 0.5) is 30.6 Å². The topological polar surface area (TPSA) is 49.8 Å². The molecule has 2 aromatic rings. The molecule has 8 heteroatoms. The number of halogens is 4. The Morgan fingerprint density at radius 1 is 1.00 bits per heavy atom. The van der Waals surface area contributed by atoms with E-state index in [4.69, 9.17) is 11.6 Å². The van der Waals surface area contributed by atoms with Crippen LogP contribution in [0.25, 0.3) is 0 Å². The van der Waals surface area contributed by atoms with Gasteiger partial charge in [-0.1, -0.05) is 11.6 Å². The average molecular weight is 345 g/mol. The lowest BCUT2D eigenvalue weighted by Gasteiger charge is -2.21. The van der Waals surface area contributed by atoms with Gasteiger partial charge in [0.25, 0.3) is 0 Å². The van der Waals surface area contributed by atoms with E-state index in [2.05, 4.69) is 20.6 Å². The predicted molar refractivity (Wildman–Crippen MR) is 85.1 cm³/mol. The summed E-state index contributed by atoms with van der Waals surface area (Å²) in [6.45, 7) is 5.43. The number of nitrogens with one attached hydrogen (secondary N) is 2. The summed E-state index contributed by atoms with van der Waals surface area (Å²) >= 11 is 5.79. The van der Waals surface area contributed by atoms with Crippen molar-refractivity contribution < 1.29 is 13.2 Å². The van der Waals surface area contributed by atoms with Crippen LogP contribution in [0.2, 0.25) is 5.02 Å². The molecule has 0 aliphatic rings. The van der Waals surface area contributed by atoms with Gasteiger partial charge in [0.2, 0.25) is 5.95 Å². The zero-order chi connectivity index (χ0) is 17.3. The first-order chi connectivity index (χ1) is 10.5. The maximum atomic E-state index is 13.0. The van der Waals surface area contributed by atoms with Gasteiger partial charge in [-0.25, -0.2) is 4.98 Å². The second kappa shape index (κ2) is 6.23. The maximum Gasteiger partial charge on any atom is 0.433 e. The van der Waals surface area contributed by atoms with Gasteiger partial charge in [-0.15, -0.1) is 0 Å². The summed E-state index contributed by atoms with van der Waals surface area (Å²) in [6.07, 6.45) is -4.56. The first kappa shape index (κ1) is 17.3. The highest BCUT2D eigenvalue weighted by Gasteiger charge is 2.34. The van der Waals surface area contributed by atoms with E-state index in [9.17, 15) is 13.2 Å². The van der Waals surface area contributed by atoms with Crippen LogP contribution in [0, 0.1) is 0 Å². The number of hydrogen-bond donors (Lipinski definition) is 2. The molecule has 0 saturated heterocycles. The fourth-order valence-electron chi connectivity index (χ4n) is 1.73. The molecule has 4 nitrogen and oxygen atoms in total. The molecule has 0 spiro atoms. The maximum absolute atomic E-state index is 13.0. The van der Waals surface area contributed by atoms with E-state index in [1.54, 1.807) is 24.3 Å². The van der Waals surface area contributed by atoms with Crippen molar-refractivity contribution in [2.45, 2.75) is 32.5 Å². The van der Waals surface area contributed by atoms with Crippen LogP contribution < -0.4 is 10.6 Å². The molecule has 0 aliphatic carbocycles. The van der Waals surface area contributed by atoms with E-state index in [0.29, 0.717) is 10.7 Å². The molecular formula is C15H16ClF3N4.